The highest BCUT2D eigenvalue weighted by Gasteiger charge is 2.22. The molecule has 0 aliphatic carbocycles. The average molecular weight is 328 g/mol. The maximum Gasteiger partial charge on any atom is 0.257 e. The fourth-order valence-electron chi connectivity index (χ4n) is 2.59. The number of benzene rings is 1. The van der Waals surface area contributed by atoms with E-state index < -0.39 is 0 Å². The molecule has 1 heterocycles. The second-order valence-electron chi connectivity index (χ2n) is 5.61. The van der Waals surface area contributed by atoms with E-state index in [0.29, 0.717) is 18.7 Å². The molecule has 2 rings (SSSR count). The molecular weight excluding hydrogens is 304 g/mol. The van der Waals surface area contributed by atoms with E-state index in [1.165, 1.54) is 4.90 Å². The SMILES string of the molecule is CCNC(=O)CN(CC)C(=O)c1cnn(-c2ccccc2C)c1C. The van der Waals surface area contributed by atoms with Crippen LogP contribution in [0.2, 0.25) is 0 Å². The van der Waals surface area contributed by atoms with Gasteiger partial charge < -0.3 is 10.2 Å². The Bertz CT molecular complexity index is 736. The van der Waals surface area contributed by atoms with Crippen LogP contribution in [0.25, 0.3) is 5.69 Å². The Balaban J connectivity index is 2.28. The first-order valence-corrected chi connectivity index (χ1v) is 8.16. The molecule has 0 atom stereocenters. The van der Waals surface area contributed by atoms with Gasteiger partial charge in [0.1, 0.15) is 0 Å². The topological polar surface area (TPSA) is 67.2 Å². The van der Waals surface area contributed by atoms with Gasteiger partial charge in [0.05, 0.1) is 29.7 Å². The Morgan fingerprint density at radius 1 is 1.21 bits per heavy atom. The van der Waals surface area contributed by atoms with Crippen molar-refractivity contribution in [3.63, 3.8) is 0 Å². The number of hydrogen-bond donors (Lipinski definition) is 1. The highest BCUT2D eigenvalue weighted by molar-refractivity contribution is 5.97. The molecule has 24 heavy (non-hydrogen) atoms. The van der Waals surface area contributed by atoms with Crippen LogP contribution in [0.3, 0.4) is 0 Å². The van der Waals surface area contributed by atoms with Crippen LogP contribution in [0.5, 0.6) is 0 Å². The smallest absolute Gasteiger partial charge is 0.257 e. The molecule has 1 aromatic carbocycles. The zero-order valence-electron chi connectivity index (χ0n) is 14.7. The number of aromatic nitrogens is 2. The number of hydrogen-bond acceptors (Lipinski definition) is 3. The normalized spacial score (nSPS) is 10.5. The van der Waals surface area contributed by atoms with Crippen LogP contribution >= 0.6 is 0 Å². The molecule has 0 unspecified atom stereocenters. The Morgan fingerprint density at radius 3 is 2.54 bits per heavy atom. The molecule has 6 heteroatoms. The average Bonchev–Trinajstić information content (AvgIpc) is 2.94. The molecule has 1 N–H and O–H groups in total. The number of amides is 2. The van der Waals surface area contributed by atoms with E-state index in [1.807, 2.05) is 52.0 Å². The van der Waals surface area contributed by atoms with Crippen molar-refractivity contribution in [3.8, 4) is 5.69 Å². The number of nitrogens with zero attached hydrogens (tertiary/aromatic N) is 3. The van der Waals surface area contributed by atoms with E-state index in [0.717, 1.165) is 16.9 Å². The Kier molecular flexibility index (Phi) is 5.73. The third kappa shape index (κ3) is 3.64. The minimum atomic E-state index is -0.180. The van der Waals surface area contributed by atoms with Gasteiger partial charge >= 0.3 is 0 Å². The first kappa shape index (κ1) is 17.7. The summed E-state index contributed by atoms with van der Waals surface area (Å²) in [5, 5.41) is 7.08. The number of nitrogens with one attached hydrogen (secondary N) is 1. The van der Waals surface area contributed by atoms with Gasteiger partial charge in [-0.05, 0) is 39.3 Å². The standard InChI is InChI=1S/C18H24N4O2/c1-5-19-17(23)12-21(6-2)18(24)15-11-20-22(14(15)4)16-10-8-7-9-13(16)3/h7-11H,5-6,12H2,1-4H3,(H,19,23). The van der Waals surface area contributed by atoms with Crippen LogP contribution in [-0.2, 0) is 4.79 Å². The van der Waals surface area contributed by atoms with Crippen molar-refractivity contribution in [2.24, 2.45) is 0 Å². The molecule has 2 amide bonds. The second kappa shape index (κ2) is 7.77. The number of rotatable bonds is 6. The van der Waals surface area contributed by atoms with E-state index in [-0.39, 0.29) is 18.4 Å². The predicted molar refractivity (Wildman–Crippen MR) is 93.3 cm³/mol. The quantitative estimate of drug-likeness (QED) is 0.883. The number of likely N-dealkylation sites (N-methyl/N-ethyl adjacent to an activating group) is 2. The molecule has 2 aromatic rings. The van der Waals surface area contributed by atoms with Gasteiger partial charge in [-0.3, -0.25) is 9.59 Å². The molecule has 1 aromatic heterocycles. The lowest BCUT2D eigenvalue weighted by molar-refractivity contribution is -0.121. The van der Waals surface area contributed by atoms with Crippen molar-refractivity contribution in [2.75, 3.05) is 19.6 Å². The van der Waals surface area contributed by atoms with Crippen LogP contribution < -0.4 is 5.32 Å². The van der Waals surface area contributed by atoms with Crippen LogP contribution in [0.4, 0.5) is 0 Å². The van der Waals surface area contributed by atoms with E-state index in [9.17, 15) is 9.59 Å². The van der Waals surface area contributed by atoms with Crippen molar-refractivity contribution in [1.82, 2.24) is 20.0 Å². The monoisotopic (exact) mass is 328 g/mol. The number of para-hydroxylation sites is 1. The third-order valence-corrected chi connectivity index (χ3v) is 3.96. The minimum absolute atomic E-state index is 0.0537. The lowest BCUT2D eigenvalue weighted by atomic mass is 10.2. The summed E-state index contributed by atoms with van der Waals surface area (Å²) in [5.41, 5.74) is 3.31. The summed E-state index contributed by atoms with van der Waals surface area (Å²) in [6, 6.07) is 7.88. The lowest BCUT2D eigenvalue weighted by Gasteiger charge is -2.20. The molecule has 128 valence electrons. The zero-order valence-corrected chi connectivity index (χ0v) is 14.7. The summed E-state index contributed by atoms with van der Waals surface area (Å²) in [6.07, 6.45) is 1.57. The van der Waals surface area contributed by atoms with Gasteiger partial charge in [0.25, 0.3) is 5.91 Å². The summed E-state index contributed by atoms with van der Waals surface area (Å²) in [7, 11) is 0. The van der Waals surface area contributed by atoms with Crippen LogP contribution in [0.15, 0.2) is 30.5 Å². The van der Waals surface area contributed by atoms with Crippen LogP contribution in [0.1, 0.15) is 35.5 Å². The molecule has 6 nitrogen and oxygen atoms in total. The minimum Gasteiger partial charge on any atom is -0.355 e. The summed E-state index contributed by atoms with van der Waals surface area (Å²) in [6.45, 7) is 8.65. The highest BCUT2D eigenvalue weighted by Crippen LogP contribution is 2.18. The molecule has 0 bridgehead atoms. The van der Waals surface area contributed by atoms with Crippen LogP contribution in [-0.4, -0.2) is 46.1 Å². The molecular formula is C18H24N4O2. The molecule has 0 radical (unpaired) electrons. The van der Waals surface area contributed by atoms with Gasteiger partial charge in [0.15, 0.2) is 0 Å². The van der Waals surface area contributed by atoms with E-state index in [2.05, 4.69) is 10.4 Å². The van der Waals surface area contributed by atoms with E-state index in [4.69, 9.17) is 0 Å². The predicted octanol–water partition coefficient (Wildman–Crippen LogP) is 2.09. The summed E-state index contributed by atoms with van der Waals surface area (Å²) in [4.78, 5) is 26.1. The van der Waals surface area contributed by atoms with Crippen molar-refractivity contribution < 1.29 is 9.59 Å². The molecule has 0 saturated heterocycles. The second-order valence-corrected chi connectivity index (χ2v) is 5.61. The summed E-state index contributed by atoms with van der Waals surface area (Å²) in [5.74, 6) is -0.335. The fourth-order valence-corrected chi connectivity index (χ4v) is 2.59. The fraction of sp³-hybridized carbons (Fsp3) is 0.389. The molecule has 0 spiro atoms. The van der Waals surface area contributed by atoms with Gasteiger partial charge in [-0.1, -0.05) is 18.2 Å². The van der Waals surface area contributed by atoms with Gasteiger partial charge in [-0.2, -0.15) is 5.10 Å². The molecule has 0 aliphatic heterocycles. The van der Waals surface area contributed by atoms with Gasteiger partial charge in [-0.25, -0.2) is 4.68 Å². The number of carbonyl (C=O) groups is 2. The van der Waals surface area contributed by atoms with E-state index >= 15 is 0 Å². The Morgan fingerprint density at radius 2 is 1.92 bits per heavy atom. The number of carbonyl (C=O) groups excluding carboxylic acids is 2. The largest absolute Gasteiger partial charge is 0.355 e. The van der Waals surface area contributed by atoms with Crippen LogP contribution in [0, 0.1) is 13.8 Å². The maximum atomic E-state index is 12.8. The van der Waals surface area contributed by atoms with Crippen molar-refractivity contribution >= 4 is 11.8 Å². The van der Waals surface area contributed by atoms with Crippen molar-refractivity contribution in [1.29, 1.82) is 0 Å². The van der Waals surface area contributed by atoms with Crippen molar-refractivity contribution in [3.05, 3.63) is 47.3 Å². The van der Waals surface area contributed by atoms with Gasteiger partial charge in [0, 0.05) is 13.1 Å². The molecule has 0 fully saturated rings. The first-order chi connectivity index (χ1) is 11.5. The number of aryl methyl sites for hydroxylation is 1. The van der Waals surface area contributed by atoms with E-state index in [1.54, 1.807) is 10.9 Å². The van der Waals surface area contributed by atoms with Gasteiger partial charge in [-0.15, -0.1) is 0 Å². The summed E-state index contributed by atoms with van der Waals surface area (Å²) >= 11 is 0. The van der Waals surface area contributed by atoms with Crippen molar-refractivity contribution in [2.45, 2.75) is 27.7 Å². The Hall–Kier alpha value is -2.63. The first-order valence-electron chi connectivity index (χ1n) is 8.16. The Labute approximate surface area is 142 Å². The van der Waals surface area contributed by atoms with Gasteiger partial charge in [0.2, 0.25) is 5.91 Å². The third-order valence-electron chi connectivity index (χ3n) is 3.96. The zero-order chi connectivity index (χ0) is 17.7. The molecule has 0 saturated carbocycles. The highest BCUT2D eigenvalue weighted by atomic mass is 16.2. The lowest BCUT2D eigenvalue weighted by Crippen LogP contribution is -2.40. The maximum absolute atomic E-state index is 12.8. The molecule has 0 aliphatic rings. The summed E-state index contributed by atoms with van der Waals surface area (Å²) < 4.78 is 1.77.